The first kappa shape index (κ1) is 22.1. The van der Waals surface area contributed by atoms with Gasteiger partial charge in [-0.2, -0.15) is 0 Å². The third kappa shape index (κ3) is 3.25. The van der Waals surface area contributed by atoms with E-state index >= 15 is 0 Å². The van der Waals surface area contributed by atoms with Crippen LogP contribution < -0.4 is 0 Å². The molecule has 0 saturated carbocycles. The molecule has 2 unspecified atom stereocenters. The molecule has 2 aliphatic carbocycles. The van der Waals surface area contributed by atoms with Crippen molar-refractivity contribution in [1.29, 1.82) is 0 Å². The van der Waals surface area contributed by atoms with Crippen LogP contribution in [0.4, 0.5) is 0 Å². The number of aryl methyl sites for hydroxylation is 4. The summed E-state index contributed by atoms with van der Waals surface area (Å²) in [5.41, 5.74) is 15.1. The van der Waals surface area contributed by atoms with E-state index in [1.165, 1.54) is 33.4 Å². The average Bonchev–Trinajstić information content (AvgIpc) is 3.30. The van der Waals surface area contributed by atoms with Gasteiger partial charge in [0.05, 0.1) is 0 Å². The number of allylic oxidation sites excluding steroid dienone is 2. The Morgan fingerprint density at radius 3 is 1.23 bits per heavy atom. The highest BCUT2D eigenvalue weighted by Gasteiger charge is 2.48. The molecule has 0 radical (unpaired) electrons. The second kappa shape index (κ2) is 7.51. The van der Waals surface area contributed by atoms with Crippen molar-refractivity contribution in [3.63, 3.8) is 0 Å². The van der Waals surface area contributed by atoms with Crippen LogP contribution in [0.25, 0.3) is 12.2 Å². The predicted octanol–water partition coefficient (Wildman–Crippen LogP) is 8.92. The van der Waals surface area contributed by atoms with E-state index in [1.54, 1.807) is 22.3 Å². The lowest BCUT2D eigenvalue weighted by Gasteiger charge is -2.44. The monoisotopic (exact) mass is 412 g/mol. The molecule has 0 saturated heterocycles. The van der Waals surface area contributed by atoms with Gasteiger partial charge in [0.15, 0.2) is 0 Å². The maximum atomic E-state index is 2.54. The molecule has 2 aliphatic rings. The van der Waals surface area contributed by atoms with Gasteiger partial charge in [-0.1, -0.05) is 89.1 Å². The van der Waals surface area contributed by atoms with E-state index in [0.717, 1.165) is 0 Å². The van der Waals surface area contributed by atoms with Gasteiger partial charge in [0.2, 0.25) is 0 Å². The van der Waals surface area contributed by atoms with E-state index in [0.29, 0.717) is 23.7 Å². The molecule has 0 aliphatic heterocycles. The minimum absolute atomic E-state index is 0.0831. The molecule has 2 aromatic rings. The highest BCUT2D eigenvalue weighted by Crippen LogP contribution is 2.61. The Hall–Kier alpha value is -2.08. The Labute approximate surface area is 190 Å². The van der Waals surface area contributed by atoms with Crippen molar-refractivity contribution in [3.05, 3.63) is 79.9 Å². The van der Waals surface area contributed by atoms with Crippen LogP contribution in [-0.4, -0.2) is 0 Å². The fourth-order valence-electron chi connectivity index (χ4n) is 6.46. The minimum Gasteiger partial charge on any atom is -0.0590 e. The Balaban J connectivity index is 1.98. The van der Waals surface area contributed by atoms with E-state index in [1.807, 2.05) is 0 Å². The van der Waals surface area contributed by atoms with Gasteiger partial charge < -0.3 is 0 Å². The molecule has 31 heavy (non-hydrogen) atoms. The summed E-state index contributed by atoms with van der Waals surface area (Å²) in [5, 5.41) is 0. The second-order valence-electron chi connectivity index (χ2n) is 11.3. The van der Waals surface area contributed by atoms with Crippen molar-refractivity contribution in [3.8, 4) is 0 Å². The Bertz CT molecular complexity index is 1010. The first-order valence-electron chi connectivity index (χ1n) is 12.1. The van der Waals surface area contributed by atoms with E-state index in [4.69, 9.17) is 0 Å². The number of hydrogen-bond donors (Lipinski definition) is 0. The van der Waals surface area contributed by atoms with Crippen molar-refractivity contribution >= 4 is 12.2 Å². The molecule has 0 nitrogen and oxygen atoms in total. The summed E-state index contributed by atoms with van der Waals surface area (Å²) < 4.78 is 0. The first-order valence-corrected chi connectivity index (χ1v) is 12.1. The van der Waals surface area contributed by atoms with Crippen LogP contribution in [-0.2, 0) is 0 Å². The summed E-state index contributed by atoms with van der Waals surface area (Å²) in [6.07, 6.45) is 5.07. The minimum atomic E-state index is 0.0831. The van der Waals surface area contributed by atoms with Crippen molar-refractivity contribution in [2.75, 3.05) is 0 Å². The molecule has 2 aromatic carbocycles. The van der Waals surface area contributed by atoms with Crippen LogP contribution in [0.3, 0.4) is 0 Å². The third-order valence-electron chi connectivity index (χ3n) is 8.13. The summed E-state index contributed by atoms with van der Waals surface area (Å²) in [4.78, 5) is 0. The zero-order valence-electron chi connectivity index (χ0n) is 21.3. The number of benzene rings is 2. The molecule has 0 amide bonds. The molecule has 164 valence electrons. The van der Waals surface area contributed by atoms with Crippen molar-refractivity contribution < 1.29 is 0 Å². The number of hydrogen-bond acceptors (Lipinski definition) is 0. The number of fused-ring (bicyclic) bond motifs is 2. The normalized spacial score (nSPS) is 20.3. The molecule has 0 fully saturated rings. The number of rotatable bonds is 4. The molecule has 0 N–H and O–H groups in total. The van der Waals surface area contributed by atoms with Gasteiger partial charge in [0.1, 0.15) is 0 Å². The fraction of sp³-hybridized carbons (Fsp3) is 0.484. The summed E-state index contributed by atoms with van der Waals surface area (Å²) in [5.74, 6) is 1.98. The summed E-state index contributed by atoms with van der Waals surface area (Å²) in [6.45, 7) is 23.8. The lowest BCUT2D eigenvalue weighted by atomic mass is 9.59. The topological polar surface area (TPSA) is 0 Å². The summed E-state index contributed by atoms with van der Waals surface area (Å²) >= 11 is 0. The van der Waals surface area contributed by atoms with Gasteiger partial charge in [-0.3, -0.25) is 0 Å². The summed E-state index contributed by atoms with van der Waals surface area (Å²) in [6, 6.07) is 9.28. The predicted molar refractivity (Wildman–Crippen MR) is 137 cm³/mol. The van der Waals surface area contributed by atoms with Crippen LogP contribution in [0.1, 0.15) is 97.9 Å². The summed E-state index contributed by atoms with van der Waals surface area (Å²) in [7, 11) is 0. The maximum Gasteiger partial charge on any atom is 0.0123 e. The largest absolute Gasteiger partial charge is 0.0590 e. The lowest BCUT2D eigenvalue weighted by Crippen LogP contribution is -2.33. The van der Waals surface area contributed by atoms with Crippen molar-refractivity contribution in [2.24, 2.45) is 17.3 Å². The van der Waals surface area contributed by atoms with E-state index in [2.05, 4.69) is 106 Å². The molecule has 0 heteroatoms. The standard InChI is InChI=1S/C31H40/c1-17(2)23-15-25-19(5)11-13-21(7)27(25)29(23)31(9,10)30-24(18(3)4)16-26-20(6)12-14-22(8)28(26)30/h11-18,29-30H,1-10H3. The Morgan fingerprint density at radius 1 is 0.581 bits per heavy atom. The van der Waals surface area contributed by atoms with Crippen LogP contribution in [0.5, 0.6) is 0 Å². The quantitative estimate of drug-likeness (QED) is 0.470. The molecule has 2 atom stereocenters. The first-order chi connectivity index (χ1) is 14.5. The van der Waals surface area contributed by atoms with Gasteiger partial charge in [0, 0.05) is 11.8 Å². The van der Waals surface area contributed by atoms with Crippen LogP contribution in [0.2, 0.25) is 0 Å². The highest BCUT2D eigenvalue weighted by molar-refractivity contribution is 5.75. The molecule has 0 spiro atoms. The van der Waals surface area contributed by atoms with Crippen LogP contribution in [0.15, 0.2) is 35.4 Å². The average molecular weight is 413 g/mol. The van der Waals surface area contributed by atoms with Gasteiger partial charge in [-0.15, -0.1) is 0 Å². The van der Waals surface area contributed by atoms with Gasteiger partial charge in [-0.05, 0) is 89.5 Å². The molecule has 0 heterocycles. The van der Waals surface area contributed by atoms with Crippen molar-refractivity contribution in [1.82, 2.24) is 0 Å². The second-order valence-corrected chi connectivity index (χ2v) is 11.3. The lowest BCUT2D eigenvalue weighted by molar-refractivity contribution is 0.257. The van der Waals surface area contributed by atoms with Crippen LogP contribution in [0, 0.1) is 44.9 Å². The molecule has 4 rings (SSSR count). The van der Waals surface area contributed by atoms with Crippen molar-refractivity contribution in [2.45, 2.75) is 81.1 Å². The van der Waals surface area contributed by atoms with Gasteiger partial charge >= 0.3 is 0 Å². The Morgan fingerprint density at radius 2 is 0.903 bits per heavy atom. The smallest absolute Gasteiger partial charge is 0.0123 e. The fourth-order valence-corrected chi connectivity index (χ4v) is 6.46. The highest BCUT2D eigenvalue weighted by atomic mass is 14.5. The van der Waals surface area contributed by atoms with E-state index in [9.17, 15) is 0 Å². The molecular formula is C31H40. The van der Waals surface area contributed by atoms with Crippen LogP contribution >= 0.6 is 0 Å². The zero-order valence-corrected chi connectivity index (χ0v) is 21.3. The van der Waals surface area contributed by atoms with E-state index < -0.39 is 0 Å². The van der Waals surface area contributed by atoms with E-state index in [-0.39, 0.29) is 5.41 Å². The third-order valence-corrected chi connectivity index (χ3v) is 8.13. The SMILES string of the molecule is Cc1ccc(C)c2c1C=C(C(C)C)C2C(C)(C)C1C(C(C)C)=Cc2c(C)ccc(C)c21. The Kier molecular flexibility index (Phi) is 5.36. The molecular weight excluding hydrogens is 372 g/mol. The zero-order chi connectivity index (χ0) is 22.8. The maximum absolute atomic E-state index is 2.54. The van der Waals surface area contributed by atoms with Gasteiger partial charge in [-0.25, -0.2) is 0 Å². The van der Waals surface area contributed by atoms with Gasteiger partial charge in [0.25, 0.3) is 0 Å². The molecule has 0 aromatic heterocycles. The molecule has 0 bridgehead atoms.